The van der Waals surface area contributed by atoms with Gasteiger partial charge in [0.1, 0.15) is 0 Å². The number of morpholine rings is 1. The van der Waals surface area contributed by atoms with Gasteiger partial charge in [0, 0.05) is 18.0 Å². The predicted octanol–water partition coefficient (Wildman–Crippen LogP) is 1.93. The van der Waals surface area contributed by atoms with Gasteiger partial charge in [-0.3, -0.25) is 0 Å². The van der Waals surface area contributed by atoms with E-state index in [2.05, 4.69) is 17.4 Å². The van der Waals surface area contributed by atoms with Gasteiger partial charge in [0.05, 0.1) is 18.8 Å². The molecule has 0 spiro atoms. The second kappa shape index (κ2) is 3.23. The van der Waals surface area contributed by atoms with Crippen molar-refractivity contribution < 1.29 is 4.74 Å². The van der Waals surface area contributed by atoms with Crippen molar-refractivity contribution in [1.82, 2.24) is 5.32 Å². The molecule has 0 aromatic heterocycles. The van der Waals surface area contributed by atoms with Crippen LogP contribution in [0.15, 0.2) is 18.2 Å². The second-order valence-corrected chi connectivity index (χ2v) is 4.32. The average molecular weight is 210 g/mol. The molecule has 2 nitrogen and oxygen atoms in total. The average Bonchev–Trinajstić information content (AvgIpc) is 2.54. The largest absolute Gasteiger partial charge is 0.375 e. The van der Waals surface area contributed by atoms with Crippen molar-refractivity contribution in [2.45, 2.75) is 18.6 Å². The molecule has 3 rings (SSSR count). The number of rotatable bonds is 0. The minimum atomic E-state index is 0.317. The molecule has 14 heavy (non-hydrogen) atoms. The van der Waals surface area contributed by atoms with Gasteiger partial charge in [-0.15, -0.1) is 0 Å². The molecule has 0 radical (unpaired) electrons. The summed E-state index contributed by atoms with van der Waals surface area (Å²) in [5.74, 6) is 0. The Labute approximate surface area is 88.2 Å². The summed E-state index contributed by atoms with van der Waals surface area (Å²) in [7, 11) is 0. The van der Waals surface area contributed by atoms with Crippen LogP contribution in [0.4, 0.5) is 0 Å². The third-order valence-electron chi connectivity index (χ3n) is 3.03. The summed E-state index contributed by atoms with van der Waals surface area (Å²) in [5.41, 5.74) is 2.70. The van der Waals surface area contributed by atoms with Gasteiger partial charge in [-0.05, 0) is 23.3 Å². The van der Waals surface area contributed by atoms with Gasteiger partial charge in [0.15, 0.2) is 0 Å². The van der Waals surface area contributed by atoms with Crippen molar-refractivity contribution in [3.8, 4) is 0 Å². The first-order valence-corrected chi connectivity index (χ1v) is 5.36. The van der Waals surface area contributed by atoms with Crippen LogP contribution >= 0.6 is 11.6 Å². The van der Waals surface area contributed by atoms with Crippen LogP contribution in [0.5, 0.6) is 0 Å². The maximum absolute atomic E-state index is 5.96. The molecule has 0 bridgehead atoms. The number of hydrogen-bond donors (Lipinski definition) is 1. The molecule has 3 heteroatoms. The van der Waals surface area contributed by atoms with Gasteiger partial charge < -0.3 is 10.1 Å². The third-order valence-corrected chi connectivity index (χ3v) is 3.27. The zero-order chi connectivity index (χ0) is 9.54. The summed E-state index contributed by atoms with van der Waals surface area (Å²) >= 11 is 5.96. The highest BCUT2D eigenvalue weighted by molar-refractivity contribution is 6.30. The lowest BCUT2D eigenvalue weighted by molar-refractivity contribution is 0.00503. The molecule has 1 aliphatic heterocycles. The lowest BCUT2D eigenvalue weighted by atomic mass is 10.1. The van der Waals surface area contributed by atoms with E-state index in [1.54, 1.807) is 0 Å². The highest BCUT2D eigenvalue weighted by Crippen LogP contribution is 2.35. The number of benzene rings is 1. The first-order valence-electron chi connectivity index (χ1n) is 4.98. The fourth-order valence-corrected chi connectivity index (χ4v) is 2.61. The Morgan fingerprint density at radius 1 is 1.43 bits per heavy atom. The Morgan fingerprint density at radius 3 is 3.29 bits per heavy atom. The van der Waals surface area contributed by atoms with Gasteiger partial charge in [0.25, 0.3) is 0 Å². The van der Waals surface area contributed by atoms with Crippen molar-refractivity contribution in [2.24, 2.45) is 0 Å². The summed E-state index contributed by atoms with van der Waals surface area (Å²) in [4.78, 5) is 0. The van der Waals surface area contributed by atoms with Crippen molar-refractivity contribution in [3.05, 3.63) is 34.3 Å². The number of hydrogen-bond acceptors (Lipinski definition) is 2. The smallest absolute Gasteiger partial charge is 0.0810 e. The molecule has 0 amide bonds. The Bertz CT molecular complexity index is 366. The standard InChI is InChI=1S/C11H12ClNO/c12-8-1-2-9-7(5-8)6-10-11(9)13-3-4-14-10/h1-2,5,10-11,13H,3-4,6H2. The zero-order valence-corrected chi connectivity index (χ0v) is 8.55. The van der Waals surface area contributed by atoms with Gasteiger partial charge in [0.2, 0.25) is 0 Å². The molecule has 2 unspecified atom stereocenters. The highest BCUT2D eigenvalue weighted by Gasteiger charge is 2.34. The molecule has 1 aliphatic carbocycles. The minimum Gasteiger partial charge on any atom is -0.375 e. The Balaban J connectivity index is 2.01. The lowest BCUT2D eigenvalue weighted by Crippen LogP contribution is -2.39. The predicted molar refractivity (Wildman–Crippen MR) is 55.6 cm³/mol. The summed E-state index contributed by atoms with van der Waals surface area (Å²) < 4.78 is 5.72. The van der Waals surface area contributed by atoms with E-state index in [9.17, 15) is 0 Å². The third kappa shape index (κ3) is 1.26. The highest BCUT2D eigenvalue weighted by atomic mass is 35.5. The normalized spacial score (nSPS) is 29.8. The molecule has 74 valence electrons. The maximum Gasteiger partial charge on any atom is 0.0810 e. The van der Waals surface area contributed by atoms with Crippen molar-refractivity contribution >= 4 is 11.6 Å². The SMILES string of the molecule is Clc1ccc2c(c1)CC1OCCNC21. The number of ether oxygens (including phenoxy) is 1. The Hall–Kier alpha value is -0.570. The van der Waals surface area contributed by atoms with Crippen molar-refractivity contribution in [2.75, 3.05) is 13.2 Å². The summed E-state index contributed by atoms with van der Waals surface area (Å²) in [6, 6.07) is 6.51. The molecule has 1 heterocycles. The topological polar surface area (TPSA) is 21.3 Å². The molecular formula is C11H12ClNO. The first kappa shape index (κ1) is 8.72. The zero-order valence-electron chi connectivity index (χ0n) is 7.79. The van der Waals surface area contributed by atoms with Crippen LogP contribution in [0.1, 0.15) is 17.2 Å². The molecule has 1 N–H and O–H groups in total. The molecule has 1 saturated heterocycles. The molecule has 2 atom stereocenters. The summed E-state index contributed by atoms with van der Waals surface area (Å²) in [5, 5.41) is 4.31. The van der Waals surface area contributed by atoms with Gasteiger partial charge in [-0.2, -0.15) is 0 Å². The van der Waals surface area contributed by atoms with E-state index in [1.165, 1.54) is 11.1 Å². The fraction of sp³-hybridized carbons (Fsp3) is 0.455. The van der Waals surface area contributed by atoms with E-state index in [0.717, 1.165) is 24.6 Å². The van der Waals surface area contributed by atoms with E-state index < -0.39 is 0 Å². The molecule has 1 aromatic rings. The van der Waals surface area contributed by atoms with Gasteiger partial charge in [-0.1, -0.05) is 17.7 Å². The van der Waals surface area contributed by atoms with Crippen molar-refractivity contribution in [3.63, 3.8) is 0 Å². The molecular weight excluding hydrogens is 198 g/mol. The number of nitrogens with one attached hydrogen (secondary N) is 1. The molecule has 2 aliphatic rings. The maximum atomic E-state index is 5.96. The van der Waals surface area contributed by atoms with E-state index in [-0.39, 0.29) is 0 Å². The van der Waals surface area contributed by atoms with Crippen LogP contribution in [-0.2, 0) is 11.2 Å². The van der Waals surface area contributed by atoms with E-state index in [1.807, 2.05) is 6.07 Å². The fourth-order valence-electron chi connectivity index (χ4n) is 2.41. The quantitative estimate of drug-likeness (QED) is 0.705. The van der Waals surface area contributed by atoms with Gasteiger partial charge in [-0.25, -0.2) is 0 Å². The molecule has 1 fully saturated rings. The Morgan fingerprint density at radius 2 is 2.36 bits per heavy atom. The van der Waals surface area contributed by atoms with Crippen LogP contribution in [0.25, 0.3) is 0 Å². The number of fused-ring (bicyclic) bond motifs is 3. The minimum absolute atomic E-state index is 0.317. The lowest BCUT2D eigenvalue weighted by Gasteiger charge is -2.27. The Kier molecular flexibility index (Phi) is 2.01. The van der Waals surface area contributed by atoms with E-state index in [0.29, 0.717) is 12.1 Å². The monoisotopic (exact) mass is 209 g/mol. The van der Waals surface area contributed by atoms with Crippen LogP contribution in [0.3, 0.4) is 0 Å². The first-order chi connectivity index (χ1) is 6.84. The molecule has 0 saturated carbocycles. The van der Waals surface area contributed by atoms with Gasteiger partial charge >= 0.3 is 0 Å². The van der Waals surface area contributed by atoms with E-state index >= 15 is 0 Å². The van der Waals surface area contributed by atoms with E-state index in [4.69, 9.17) is 16.3 Å². The molecule has 1 aromatic carbocycles. The van der Waals surface area contributed by atoms with Crippen LogP contribution in [0.2, 0.25) is 5.02 Å². The van der Waals surface area contributed by atoms with Crippen LogP contribution < -0.4 is 5.32 Å². The second-order valence-electron chi connectivity index (χ2n) is 3.89. The summed E-state index contributed by atoms with van der Waals surface area (Å²) in [6.07, 6.45) is 1.31. The number of halogens is 1. The van der Waals surface area contributed by atoms with Crippen molar-refractivity contribution in [1.29, 1.82) is 0 Å². The van der Waals surface area contributed by atoms with Crippen LogP contribution in [0, 0.1) is 0 Å². The summed E-state index contributed by atoms with van der Waals surface area (Å²) in [6.45, 7) is 1.77. The van der Waals surface area contributed by atoms with Crippen LogP contribution in [-0.4, -0.2) is 19.3 Å².